The van der Waals surface area contributed by atoms with E-state index in [9.17, 15) is 30.2 Å². The zero-order chi connectivity index (χ0) is 42.9. The minimum absolute atomic E-state index is 0.0339. The predicted octanol–water partition coefficient (Wildman–Crippen LogP) is 7.32. The molecular formula is C41H63N6O11P. The topological polar surface area (TPSA) is 246 Å². The van der Waals surface area contributed by atoms with Gasteiger partial charge in [0.05, 0.1) is 39.7 Å². The average Bonchev–Trinajstić information content (AvgIpc) is 3.68. The first kappa shape index (κ1) is 49.2. The molecule has 1 unspecified atom stereocenters. The SMILES string of the molecule is CCCCCCCCCCCCCCCCCCOC[C@H](COP(=O)(O)OC[C@@H](OC#N)[C@@H](O)[C@@H](O)c1ccc2c(N)ncnn12)Oc1cc(OC)c(C#N)c(OC)c1. The fourth-order valence-electron chi connectivity index (χ4n) is 6.57. The molecule has 3 aromatic rings. The van der Waals surface area contributed by atoms with E-state index in [1.165, 1.54) is 133 Å². The summed E-state index contributed by atoms with van der Waals surface area (Å²) in [6, 6.07) is 7.95. The largest absolute Gasteiger partial charge is 0.495 e. The monoisotopic (exact) mass is 846 g/mol. The highest BCUT2D eigenvalue weighted by Crippen LogP contribution is 2.44. The van der Waals surface area contributed by atoms with Crippen LogP contribution in [0.25, 0.3) is 5.52 Å². The Hall–Kier alpha value is -4.19. The Kier molecular flexibility index (Phi) is 23.0. The zero-order valence-electron chi connectivity index (χ0n) is 34.7. The Morgan fingerprint density at radius 2 is 1.39 bits per heavy atom. The highest BCUT2D eigenvalue weighted by molar-refractivity contribution is 7.47. The molecule has 0 amide bonds. The number of aromatic nitrogens is 3. The molecule has 0 saturated heterocycles. The number of nitrogens with zero attached hydrogens (tertiary/aromatic N) is 5. The van der Waals surface area contributed by atoms with Crippen molar-refractivity contribution in [2.45, 2.75) is 134 Å². The van der Waals surface area contributed by atoms with E-state index in [1.807, 2.05) is 6.07 Å². The Morgan fingerprint density at radius 1 is 0.831 bits per heavy atom. The number of hydrogen-bond acceptors (Lipinski definition) is 15. The molecule has 0 saturated carbocycles. The average molecular weight is 847 g/mol. The summed E-state index contributed by atoms with van der Waals surface area (Å²) in [5.41, 5.74) is 6.46. The number of unbranched alkanes of at least 4 members (excludes halogenated alkanes) is 15. The standard InChI is InChI=1S/C41H63N6O11P/c1-4-5-6-7-8-9-10-11-12-13-14-15-16-17-18-19-22-54-26-32(58-31-23-36(52-2)33(25-42)37(24-31)53-3)27-56-59(50,51)57-28-38(55-29-43)40(49)39(48)34-20-21-35-41(44)45-30-46-47(34)35/h20-21,23-24,30,32,38-40,48-49H,4-19,22,26-28H2,1-3H3,(H,50,51)(H2,44,45,46)/t32-,38-,39+,40-/m1/s1. The van der Waals surface area contributed by atoms with E-state index in [2.05, 4.69) is 17.0 Å². The lowest BCUT2D eigenvalue weighted by atomic mass is 10.0. The molecule has 18 heteroatoms. The van der Waals surface area contributed by atoms with Gasteiger partial charge in [0.15, 0.2) is 11.9 Å². The fraction of sp³-hybridized carbons (Fsp3) is 0.659. The van der Waals surface area contributed by atoms with E-state index in [-0.39, 0.29) is 40.9 Å². The Balaban J connectivity index is 1.49. The van der Waals surface area contributed by atoms with Gasteiger partial charge < -0.3 is 44.5 Å². The maximum absolute atomic E-state index is 13.1. The van der Waals surface area contributed by atoms with Crippen molar-refractivity contribution < 1.29 is 52.4 Å². The van der Waals surface area contributed by atoms with Gasteiger partial charge in [-0.05, 0) is 18.6 Å². The number of anilines is 1. The number of rotatable bonds is 33. The fourth-order valence-corrected chi connectivity index (χ4v) is 7.33. The van der Waals surface area contributed by atoms with Gasteiger partial charge in [-0.3, -0.25) is 9.05 Å². The predicted molar refractivity (Wildman–Crippen MR) is 220 cm³/mol. The molecule has 0 radical (unpaired) electrons. The van der Waals surface area contributed by atoms with Crippen molar-refractivity contribution in [2.24, 2.45) is 0 Å². The lowest BCUT2D eigenvalue weighted by Crippen LogP contribution is -2.37. The number of methoxy groups -OCH3 is 2. The molecule has 328 valence electrons. The van der Waals surface area contributed by atoms with E-state index in [4.69, 9.17) is 38.5 Å². The first-order chi connectivity index (χ1) is 28.6. The third-order valence-electron chi connectivity index (χ3n) is 9.89. The molecule has 1 aromatic carbocycles. The number of fused-ring (bicyclic) bond motifs is 1. The molecule has 2 aromatic heterocycles. The lowest BCUT2D eigenvalue weighted by molar-refractivity contribution is -0.0802. The molecule has 0 bridgehead atoms. The number of nitriles is 2. The number of benzene rings is 1. The van der Waals surface area contributed by atoms with Gasteiger partial charge in [0.2, 0.25) is 0 Å². The minimum Gasteiger partial charge on any atom is -0.495 e. The molecule has 0 aliphatic heterocycles. The van der Waals surface area contributed by atoms with Crippen molar-refractivity contribution in [1.29, 1.82) is 10.5 Å². The Bertz CT molecular complexity index is 1760. The summed E-state index contributed by atoms with van der Waals surface area (Å²) < 4.78 is 52.2. The van der Waals surface area contributed by atoms with E-state index in [1.54, 1.807) is 0 Å². The number of aliphatic hydroxyl groups excluding tert-OH is 2. The van der Waals surface area contributed by atoms with Crippen LogP contribution >= 0.6 is 7.82 Å². The number of nitrogen functional groups attached to an aromatic ring is 1. The van der Waals surface area contributed by atoms with Gasteiger partial charge in [0.25, 0.3) is 6.26 Å². The smallest absolute Gasteiger partial charge is 0.472 e. The highest BCUT2D eigenvalue weighted by atomic mass is 31.2. The van der Waals surface area contributed by atoms with Crippen LogP contribution in [0.2, 0.25) is 0 Å². The third kappa shape index (κ3) is 17.1. The van der Waals surface area contributed by atoms with Gasteiger partial charge in [-0.15, -0.1) is 0 Å². The molecular weight excluding hydrogens is 783 g/mol. The van der Waals surface area contributed by atoms with Crippen molar-refractivity contribution in [1.82, 2.24) is 14.6 Å². The molecule has 3 rings (SSSR count). The van der Waals surface area contributed by atoms with Crippen molar-refractivity contribution >= 4 is 19.2 Å². The number of aliphatic hydroxyl groups is 2. The summed E-state index contributed by atoms with van der Waals surface area (Å²) >= 11 is 0. The van der Waals surface area contributed by atoms with Crippen molar-refractivity contribution in [2.75, 3.05) is 46.4 Å². The summed E-state index contributed by atoms with van der Waals surface area (Å²) in [4.78, 5) is 14.5. The second-order valence-electron chi connectivity index (χ2n) is 14.4. The molecule has 0 aliphatic carbocycles. The molecule has 59 heavy (non-hydrogen) atoms. The van der Waals surface area contributed by atoms with Crippen molar-refractivity contribution in [3.63, 3.8) is 0 Å². The molecule has 0 fully saturated rings. The van der Waals surface area contributed by atoms with E-state index in [0.717, 1.165) is 25.6 Å². The van der Waals surface area contributed by atoms with Crippen molar-refractivity contribution in [3.8, 4) is 29.6 Å². The highest BCUT2D eigenvalue weighted by Gasteiger charge is 2.35. The van der Waals surface area contributed by atoms with Crippen LogP contribution in [0.5, 0.6) is 17.2 Å². The first-order valence-electron chi connectivity index (χ1n) is 20.6. The zero-order valence-corrected chi connectivity index (χ0v) is 35.6. The number of hydrogen-bond donors (Lipinski definition) is 4. The first-order valence-corrected chi connectivity index (χ1v) is 22.1. The van der Waals surface area contributed by atoms with Crippen molar-refractivity contribution in [3.05, 3.63) is 41.9 Å². The maximum atomic E-state index is 13.1. The van der Waals surface area contributed by atoms with Gasteiger partial charge >= 0.3 is 7.82 Å². The van der Waals surface area contributed by atoms with Crippen LogP contribution in [0.4, 0.5) is 5.82 Å². The number of ether oxygens (including phenoxy) is 5. The van der Waals surface area contributed by atoms with Gasteiger partial charge in [0, 0.05) is 18.7 Å². The second-order valence-corrected chi connectivity index (χ2v) is 15.8. The lowest BCUT2D eigenvalue weighted by Gasteiger charge is -2.25. The number of nitrogens with two attached hydrogens (primary N) is 1. The third-order valence-corrected chi connectivity index (χ3v) is 10.8. The quantitative estimate of drug-likeness (QED) is 0.0266. The van der Waals surface area contributed by atoms with Crippen LogP contribution in [0.1, 0.15) is 127 Å². The normalized spacial score (nSPS) is 14.4. The minimum atomic E-state index is -4.88. The molecule has 5 atom stereocenters. The van der Waals surface area contributed by atoms with Crippen LogP contribution in [-0.4, -0.2) is 88.7 Å². The van der Waals surface area contributed by atoms with Crippen LogP contribution in [0, 0.1) is 22.8 Å². The van der Waals surface area contributed by atoms with Gasteiger partial charge in [0.1, 0.15) is 59.0 Å². The van der Waals surface area contributed by atoms with Crippen LogP contribution < -0.4 is 19.9 Å². The van der Waals surface area contributed by atoms with E-state index >= 15 is 0 Å². The Morgan fingerprint density at radius 3 is 1.93 bits per heavy atom. The van der Waals surface area contributed by atoms with E-state index in [0.29, 0.717) is 12.1 Å². The molecule has 0 aliphatic rings. The van der Waals surface area contributed by atoms with Gasteiger partial charge in [-0.2, -0.15) is 15.6 Å². The summed E-state index contributed by atoms with van der Waals surface area (Å²) in [7, 11) is -2.09. The van der Waals surface area contributed by atoms with Crippen LogP contribution in [0.15, 0.2) is 30.6 Å². The Labute approximate surface area is 347 Å². The summed E-state index contributed by atoms with van der Waals surface area (Å²) in [6.07, 6.45) is 16.6. The summed E-state index contributed by atoms with van der Waals surface area (Å²) in [6.45, 7) is 1.32. The van der Waals surface area contributed by atoms with Crippen LogP contribution in [-0.2, 0) is 23.1 Å². The molecule has 17 nitrogen and oxygen atoms in total. The van der Waals surface area contributed by atoms with Crippen LogP contribution in [0.3, 0.4) is 0 Å². The second kappa shape index (κ2) is 27.5. The maximum Gasteiger partial charge on any atom is 0.472 e. The van der Waals surface area contributed by atoms with Gasteiger partial charge in [-0.1, -0.05) is 103 Å². The number of phosphoric ester groups is 1. The number of phosphoric acid groups is 1. The molecule has 0 spiro atoms. The summed E-state index contributed by atoms with van der Waals surface area (Å²) in [5, 5.41) is 44.7. The molecule has 5 N–H and O–H groups in total. The van der Waals surface area contributed by atoms with Gasteiger partial charge in [-0.25, -0.2) is 14.1 Å². The summed E-state index contributed by atoms with van der Waals surface area (Å²) in [5.74, 6) is 0.737. The molecule has 2 heterocycles. The van der Waals surface area contributed by atoms with E-state index < -0.39 is 45.5 Å².